The van der Waals surface area contributed by atoms with Crippen LogP contribution >= 0.6 is 0 Å². The van der Waals surface area contributed by atoms with E-state index in [0.29, 0.717) is 0 Å². The van der Waals surface area contributed by atoms with Crippen molar-refractivity contribution in [3.8, 4) is 0 Å². The van der Waals surface area contributed by atoms with Crippen molar-refractivity contribution in [1.29, 1.82) is 0 Å². The summed E-state index contributed by atoms with van der Waals surface area (Å²) in [4.78, 5) is 0. The molecule has 0 fully saturated rings. The molecule has 0 heterocycles. The van der Waals surface area contributed by atoms with E-state index in [0.717, 1.165) is 0 Å². The van der Waals surface area contributed by atoms with Gasteiger partial charge in [-0.05, 0) is 0 Å². The molecule has 0 atom stereocenters. The minimum atomic E-state index is -0.591. The van der Waals surface area contributed by atoms with Gasteiger partial charge in [-0.3, -0.25) is 0 Å². The molecule has 0 aliphatic rings. The summed E-state index contributed by atoms with van der Waals surface area (Å²) in [5.74, 6) is 0. The molecule has 9 heavy (non-hydrogen) atoms. The van der Waals surface area contributed by atoms with Crippen molar-refractivity contribution in [2.24, 2.45) is 0 Å². The fourth-order valence-corrected chi connectivity index (χ4v) is 0. The SMILES string of the molecule is C[Si](C)(C)[CH2][Sn+3].[Cl-].[Cl-].[Cl-]. The Morgan fingerprint density at radius 1 is 1.00 bits per heavy atom. The molecule has 0 saturated carbocycles. The van der Waals surface area contributed by atoms with E-state index in [1.807, 2.05) is 0 Å². The molecule has 0 amide bonds. The molecule has 0 rings (SSSR count). The Hall–Kier alpha value is 1.89. The molecule has 5 heteroatoms. The van der Waals surface area contributed by atoms with E-state index in [4.69, 9.17) is 0 Å². The van der Waals surface area contributed by atoms with Crippen molar-refractivity contribution in [1.82, 2.24) is 0 Å². The number of hydrogen-bond donors (Lipinski definition) is 0. The van der Waals surface area contributed by atoms with Gasteiger partial charge < -0.3 is 37.2 Å². The first-order valence-electron chi connectivity index (χ1n) is 2.21. The predicted molar refractivity (Wildman–Crippen MR) is 33.9 cm³/mol. The van der Waals surface area contributed by atoms with Gasteiger partial charge in [-0.2, -0.15) is 0 Å². The van der Waals surface area contributed by atoms with E-state index in [2.05, 4.69) is 19.6 Å². The summed E-state index contributed by atoms with van der Waals surface area (Å²) in [6.07, 6.45) is 0. The van der Waals surface area contributed by atoms with Crippen LogP contribution in [0.4, 0.5) is 0 Å². The van der Waals surface area contributed by atoms with Crippen LogP contribution in [0.1, 0.15) is 0 Å². The zero-order valence-electron chi connectivity index (χ0n) is 5.84. The van der Waals surface area contributed by atoms with Crippen LogP contribution in [0.5, 0.6) is 0 Å². The standard InChI is InChI=1S/C4H11Si.3ClH.Sn/c1-5(2,3)4;;;;/h1H2,2-4H3;3*1H;/q;;;;+3/p-3. The van der Waals surface area contributed by atoms with Crippen molar-refractivity contribution in [2.45, 2.75) is 23.7 Å². The third kappa shape index (κ3) is 25.8. The summed E-state index contributed by atoms with van der Waals surface area (Å²) in [6.45, 7) is 7.21. The Morgan fingerprint density at radius 2 is 1.11 bits per heavy atom. The molecule has 0 aliphatic heterocycles. The van der Waals surface area contributed by atoms with Gasteiger partial charge in [-0.15, -0.1) is 0 Å². The first kappa shape index (κ1) is 22.4. The molecular weight excluding hydrogens is 301 g/mol. The zero-order chi connectivity index (χ0) is 5.21. The van der Waals surface area contributed by atoms with Crippen LogP contribution in [-0.4, -0.2) is 30.6 Å². The topological polar surface area (TPSA) is 0 Å². The Morgan fingerprint density at radius 3 is 1.11 bits per heavy atom. The van der Waals surface area contributed by atoms with E-state index in [9.17, 15) is 0 Å². The maximum Gasteiger partial charge on any atom is -1.00 e. The fourth-order valence-electron chi connectivity index (χ4n) is 0. The molecule has 0 saturated heterocycles. The van der Waals surface area contributed by atoms with Gasteiger partial charge in [-0.25, -0.2) is 0 Å². The molecule has 0 aliphatic carbocycles. The van der Waals surface area contributed by atoms with Crippen LogP contribution in [0.2, 0.25) is 23.7 Å². The van der Waals surface area contributed by atoms with Crippen molar-refractivity contribution in [2.75, 3.05) is 0 Å². The first-order valence-corrected chi connectivity index (χ1v) is 7.93. The van der Waals surface area contributed by atoms with Crippen LogP contribution < -0.4 is 37.2 Å². The summed E-state index contributed by atoms with van der Waals surface area (Å²) >= 11 is 1.71. The van der Waals surface area contributed by atoms with Crippen molar-refractivity contribution >= 4 is 30.6 Å². The quantitative estimate of drug-likeness (QED) is 0.422. The molecule has 56 valence electrons. The normalized spacial score (nSPS) is 8.11. The largest absolute Gasteiger partial charge is 1.00 e. The summed E-state index contributed by atoms with van der Waals surface area (Å²) < 4.78 is 1.50. The average Bonchev–Trinajstić information content (AvgIpc) is 1.35. The second-order valence-electron chi connectivity index (χ2n) is 2.74. The molecule has 0 N–H and O–H groups in total. The third-order valence-electron chi connectivity index (χ3n) is 0.530. The van der Waals surface area contributed by atoms with Crippen LogP contribution in [0.3, 0.4) is 0 Å². The Kier molecular flexibility index (Phi) is 24.6. The van der Waals surface area contributed by atoms with Gasteiger partial charge in [-0.1, -0.05) is 0 Å². The van der Waals surface area contributed by atoms with Crippen LogP contribution in [-0.2, 0) is 0 Å². The van der Waals surface area contributed by atoms with E-state index in [1.165, 1.54) is 4.06 Å². The van der Waals surface area contributed by atoms with Crippen molar-refractivity contribution in [3.05, 3.63) is 0 Å². The van der Waals surface area contributed by atoms with E-state index < -0.39 is 8.07 Å². The maximum absolute atomic E-state index is 2.40. The van der Waals surface area contributed by atoms with E-state index >= 15 is 0 Å². The molecule has 0 bridgehead atoms. The number of rotatable bonds is 1. The van der Waals surface area contributed by atoms with Crippen LogP contribution in [0.25, 0.3) is 0 Å². The van der Waals surface area contributed by atoms with Gasteiger partial charge in [0.25, 0.3) is 0 Å². The van der Waals surface area contributed by atoms with Gasteiger partial charge >= 0.3 is 54.3 Å². The molecule has 0 unspecified atom stereocenters. The smallest absolute Gasteiger partial charge is 1.00 e. The molecule has 0 aromatic heterocycles. The monoisotopic (exact) mass is 312 g/mol. The summed E-state index contributed by atoms with van der Waals surface area (Å²) in [6, 6.07) is 0. The molecule has 0 spiro atoms. The Balaban J connectivity index is -0.0000000417. The second kappa shape index (κ2) is 9.89. The molecule has 0 aromatic carbocycles. The number of halogens is 3. The van der Waals surface area contributed by atoms with Crippen LogP contribution in [0.15, 0.2) is 0 Å². The van der Waals surface area contributed by atoms with E-state index in [-0.39, 0.29) is 37.2 Å². The first-order chi connectivity index (χ1) is 2.56. The van der Waals surface area contributed by atoms with Gasteiger partial charge in [0.15, 0.2) is 0 Å². The summed E-state index contributed by atoms with van der Waals surface area (Å²) in [5, 5.41) is 0. The zero-order valence-corrected chi connectivity index (χ0v) is 12.0. The molecule has 0 aromatic rings. The molecular formula is C4H11Cl3SiSn. The minimum absolute atomic E-state index is 0. The third-order valence-corrected chi connectivity index (χ3v) is 10.7. The molecule has 0 nitrogen and oxygen atoms in total. The Labute approximate surface area is 90.9 Å². The summed E-state index contributed by atoms with van der Waals surface area (Å²) in [5.41, 5.74) is 0. The summed E-state index contributed by atoms with van der Waals surface area (Å²) in [7, 11) is -0.591. The Bertz CT molecular complexity index is 45.6. The minimum Gasteiger partial charge on any atom is -1.00 e. The van der Waals surface area contributed by atoms with Gasteiger partial charge in [0.2, 0.25) is 0 Å². The van der Waals surface area contributed by atoms with Crippen molar-refractivity contribution < 1.29 is 37.2 Å². The molecule has 0 radical (unpaired) electrons. The number of hydrogen-bond acceptors (Lipinski definition) is 0. The second-order valence-corrected chi connectivity index (χ2v) is 11.2. The predicted octanol–water partition coefficient (Wildman–Crippen LogP) is -7.54. The fraction of sp³-hybridized carbons (Fsp3) is 1.00. The van der Waals surface area contributed by atoms with Gasteiger partial charge in [0, 0.05) is 0 Å². The average molecular weight is 312 g/mol. The maximum atomic E-state index is 2.40. The van der Waals surface area contributed by atoms with Crippen LogP contribution in [0, 0.1) is 0 Å². The van der Waals surface area contributed by atoms with E-state index in [1.54, 1.807) is 22.5 Å². The van der Waals surface area contributed by atoms with Gasteiger partial charge in [0.1, 0.15) is 0 Å². The van der Waals surface area contributed by atoms with Crippen molar-refractivity contribution in [3.63, 3.8) is 0 Å². The van der Waals surface area contributed by atoms with Gasteiger partial charge in [0.05, 0.1) is 0 Å².